The number of nitro benzene ring substituents is 1. The van der Waals surface area contributed by atoms with Crippen LogP contribution in [-0.4, -0.2) is 21.5 Å². The average Bonchev–Trinajstić information content (AvgIpc) is 2.43. The molecule has 1 heterocycles. The Hall–Kier alpha value is -2.22. The van der Waals surface area contributed by atoms with E-state index >= 15 is 0 Å². The van der Waals surface area contributed by atoms with E-state index in [0.717, 1.165) is 5.56 Å². The number of hydrogen-bond acceptors (Lipinski definition) is 5. The van der Waals surface area contributed by atoms with E-state index in [0.29, 0.717) is 10.2 Å². The summed E-state index contributed by atoms with van der Waals surface area (Å²) in [6.07, 6.45) is 2.85. The van der Waals surface area contributed by atoms with E-state index < -0.39 is 4.92 Å². The molecule has 0 fully saturated rings. The number of nitro groups is 1. The van der Waals surface area contributed by atoms with Crippen LogP contribution >= 0.6 is 15.9 Å². The molecule has 0 unspecified atom stereocenters. The van der Waals surface area contributed by atoms with Crippen molar-refractivity contribution in [2.45, 2.75) is 6.54 Å². The van der Waals surface area contributed by atoms with Crippen LogP contribution in [-0.2, 0) is 6.54 Å². The van der Waals surface area contributed by atoms with Gasteiger partial charge in [-0.1, -0.05) is 6.07 Å². The number of anilines is 1. The predicted molar refractivity (Wildman–Crippen MR) is 77.9 cm³/mol. The summed E-state index contributed by atoms with van der Waals surface area (Å²) >= 11 is 3.12. The molecule has 0 bridgehead atoms. The van der Waals surface area contributed by atoms with Gasteiger partial charge < -0.3 is 5.32 Å². The van der Waals surface area contributed by atoms with Crippen LogP contribution in [0.25, 0.3) is 0 Å². The fraction of sp³-hybridized carbons (Fsp3) is 0.167. The second kappa shape index (κ2) is 5.83. The molecule has 0 radical (unpaired) electrons. The second-order valence-corrected chi connectivity index (χ2v) is 4.89. The SMILES string of the molecule is CNc1cc(Cn2cncc(Br)c2=O)ccc1[N+](=O)[O-]. The lowest BCUT2D eigenvalue weighted by molar-refractivity contribution is -0.383. The molecule has 8 heteroatoms. The summed E-state index contributed by atoms with van der Waals surface area (Å²) in [4.78, 5) is 26.2. The number of benzene rings is 1. The van der Waals surface area contributed by atoms with E-state index in [-0.39, 0.29) is 17.8 Å². The largest absolute Gasteiger partial charge is 0.383 e. The van der Waals surface area contributed by atoms with Gasteiger partial charge in [-0.2, -0.15) is 0 Å². The normalized spacial score (nSPS) is 10.3. The molecule has 2 rings (SSSR count). The first-order valence-corrected chi connectivity index (χ1v) is 6.47. The van der Waals surface area contributed by atoms with Gasteiger partial charge >= 0.3 is 0 Å². The van der Waals surface area contributed by atoms with Crippen LogP contribution in [0, 0.1) is 10.1 Å². The van der Waals surface area contributed by atoms with Crippen molar-refractivity contribution in [1.29, 1.82) is 0 Å². The Kier molecular flexibility index (Phi) is 4.14. The lowest BCUT2D eigenvalue weighted by Gasteiger charge is -2.08. The smallest absolute Gasteiger partial charge is 0.292 e. The number of nitrogens with one attached hydrogen (secondary N) is 1. The van der Waals surface area contributed by atoms with Crippen molar-refractivity contribution in [2.24, 2.45) is 0 Å². The first-order chi connectivity index (χ1) is 9.52. The highest BCUT2D eigenvalue weighted by molar-refractivity contribution is 9.10. The summed E-state index contributed by atoms with van der Waals surface area (Å²) in [6, 6.07) is 4.68. The predicted octanol–water partition coefficient (Wildman–Crippen LogP) is 2.00. The molecular formula is C12H11BrN4O3. The molecule has 20 heavy (non-hydrogen) atoms. The zero-order valence-corrected chi connectivity index (χ0v) is 12.1. The van der Waals surface area contributed by atoms with Crippen molar-refractivity contribution in [3.63, 3.8) is 0 Å². The van der Waals surface area contributed by atoms with Crippen LogP contribution in [0.2, 0.25) is 0 Å². The van der Waals surface area contributed by atoms with Gasteiger partial charge in [0.05, 0.1) is 17.8 Å². The zero-order chi connectivity index (χ0) is 14.7. The Morgan fingerprint density at radius 1 is 1.50 bits per heavy atom. The molecule has 7 nitrogen and oxygen atoms in total. The highest BCUT2D eigenvalue weighted by atomic mass is 79.9. The third kappa shape index (κ3) is 2.85. The molecule has 0 saturated heterocycles. The molecule has 0 aliphatic heterocycles. The minimum atomic E-state index is -0.456. The summed E-state index contributed by atoms with van der Waals surface area (Å²) < 4.78 is 1.79. The van der Waals surface area contributed by atoms with Crippen molar-refractivity contribution in [1.82, 2.24) is 9.55 Å². The molecule has 1 N–H and O–H groups in total. The Morgan fingerprint density at radius 2 is 2.25 bits per heavy atom. The minimum Gasteiger partial charge on any atom is -0.383 e. The second-order valence-electron chi connectivity index (χ2n) is 4.03. The fourth-order valence-corrected chi connectivity index (χ4v) is 2.12. The van der Waals surface area contributed by atoms with Crippen LogP contribution in [0.1, 0.15) is 5.56 Å². The summed E-state index contributed by atoms with van der Waals surface area (Å²) in [7, 11) is 1.61. The van der Waals surface area contributed by atoms with E-state index in [1.54, 1.807) is 19.2 Å². The van der Waals surface area contributed by atoms with Gasteiger partial charge in [-0.05, 0) is 27.6 Å². The summed E-state index contributed by atoms with van der Waals surface area (Å²) in [6.45, 7) is 0.290. The summed E-state index contributed by atoms with van der Waals surface area (Å²) in [5, 5.41) is 13.6. The van der Waals surface area contributed by atoms with Crippen molar-refractivity contribution < 1.29 is 4.92 Å². The molecular weight excluding hydrogens is 328 g/mol. The van der Waals surface area contributed by atoms with E-state index in [9.17, 15) is 14.9 Å². The Labute approximate surface area is 122 Å². The third-order valence-corrected chi connectivity index (χ3v) is 3.28. The Balaban J connectivity index is 2.37. The van der Waals surface area contributed by atoms with Crippen molar-refractivity contribution in [3.05, 3.63) is 61.2 Å². The first kappa shape index (κ1) is 14.2. The highest BCUT2D eigenvalue weighted by Gasteiger charge is 2.13. The molecule has 1 aromatic carbocycles. The van der Waals surface area contributed by atoms with Gasteiger partial charge in [-0.3, -0.25) is 19.5 Å². The average molecular weight is 339 g/mol. The molecule has 0 saturated carbocycles. The summed E-state index contributed by atoms with van der Waals surface area (Å²) in [5.74, 6) is 0. The van der Waals surface area contributed by atoms with E-state index in [1.165, 1.54) is 23.2 Å². The van der Waals surface area contributed by atoms with Crippen molar-refractivity contribution >= 4 is 27.3 Å². The maximum Gasteiger partial charge on any atom is 0.292 e. The van der Waals surface area contributed by atoms with Crippen LogP contribution < -0.4 is 10.9 Å². The first-order valence-electron chi connectivity index (χ1n) is 5.68. The summed E-state index contributed by atoms with van der Waals surface area (Å²) in [5.41, 5.74) is 0.964. The van der Waals surface area contributed by atoms with Crippen LogP contribution in [0.5, 0.6) is 0 Å². The lowest BCUT2D eigenvalue weighted by atomic mass is 10.1. The van der Waals surface area contributed by atoms with Crippen LogP contribution in [0.4, 0.5) is 11.4 Å². The molecule has 0 aliphatic carbocycles. The Bertz CT molecular complexity index is 714. The Morgan fingerprint density at radius 3 is 2.90 bits per heavy atom. The standard InChI is InChI=1S/C12H11BrN4O3/c1-14-10-4-8(2-3-11(10)17(19)20)6-16-7-15-5-9(13)12(16)18/h2-5,7,14H,6H2,1H3. The van der Waals surface area contributed by atoms with Crippen molar-refractivity contribution in [2.75, 3.05) is 12.4 Å². The van der Waals surface area contributed by atoms with E-state index in [1.807, 2.05) is 0 Å². The van der Waals surface area contributed by atoms with Gasteiger partial charge in [-0.15, -0.1) is 0 Å². The molecule has 2 aromatic rings. The highest BCUT2D eigenvalue weighted by Crippen LogP contribution is 2.25. The molecule has 104 valence electrons. The van der Waals surface area contributed by atoms with Gasteiger partial charge in [0.15, 0.2) is 0 Å². The van der Waals surface area contributed by atoms with E-state index in [4.69, 9.17) is 0 Å². The maximum absolute atomic E-state index is 11.9. The molecule has 0 amide bonds. The number of nitrogens with zero attached hydrogens (tertiary/aromatic N) is 3. The molecule has 0 aliphatic rings. The van der Waals surface area contributed by atoms with Crippen LogP contribution in [0.3, 0.4) is 0 Å². The number of hydrogen-bond donors (Lipinski definition) is 1. The monoisotopic (exact) mass is 338 g/mol. The third-order valence-electron chi connectivity index (χ3n) is 2.74. The number of halogens is 1. The topological polar surface area (TPSA) is 90.1 Å². The van der Waals surface area contributed by atoms with Crippen LogP contribution in [0.15, 0.2) is 40.0 Å². The van der Waals surface area contributed by atoms with Gasteiger partial charge in [-0.25, -0.2) is 4.98 Å². The van der Waals surface area contributed by atoms with Gasteiger partial charge in [0, 0.05) is 19.3 Å². The van der Waals surface area contributed by atoms with Gasteiger partial charge in [0.1, 0.15) is 10.2 Å². The zero-order valence-electron chi connectivity index (χ0n) is 10.5. The van der Waals surface area contributed by atoms with E-state index in [2.05, 4.69) is 26.2 Å². The fourth-order valence-electron chi connectivity index (χ4n) is 1.77. The van der Waals surface area contributed by atoms with Gasteiger partial charge in [0.25, 0.3) is 11.2 Å². The quantitative estimate of drug-likeness (QED) is 0.680. The van der Waals surface area contributed by atoms with Crippen molar-refractivity contribution in [3.8, 4) is 0 Å². The maximum atomic E-state index is 11.9. The molecule has 0 atom stereocenters. The lowest BCUT2D eigenvalue weighted by Crippen LogP contribution is -2.21. The minimum absolute atomic E-state index is 0.00374. The number of rotatable bonds is 4. The number of aromatic nitrogens is 2. The molecule has 0 spiro atoms. The van der Waals surface area contributed by atoms with Gasteiger partial charge in [0.2, 0.25) is 0 Å². The molecule has 1 aromatic heterocycles.